The molecule has 1 aromatic rings. The van der Waals surface area contributed by atoms with Crippen LogP contribution >= 0.6 is 22.6 Å². The minimum absolute atomic E-state index is 0.846. The molecule has 0 bridgehead atoms. The number of anilines is 1. The zero-order chi connectivity index (χ0) is 10.7. The monoisotopic (exact) mass is 317 g/mol. The minimum atomic E-state index is 0.846. The summed E-state index contributed by atoms with van der Waals surface area (Å²) in [6, 6.07) is 0. The van der Waals surface area contributed by atoms with E-state index in [1.165, 1.54) is 19.3 Å². The molecule has 82 valence electrons. The Kier molecular flexibility index (Phi) is 3.77. The van der Waals surface area contributed by atoms with Crippen LogP contribution in [0.5, 0.6) is 0 Å². The van der Waals surface area contributed by atoms with Gasteiger partial charge in [-0.05, 0) is 47.8 Å². The highest BCUT2D eigenvalue weighted by molar-refractivity contribution is 14.1. The number of halogens is 1. The summed E-state index contributed by atoms with van der Waals surface area (Å²) >= 11 is 2.23. The highest BCUT2D eigenvalue weighted by Crippen LogP contribution is 2.19. The molecule has 1 aliphatic rings. The lowest BCUT2D eigenvalue weighted by Crippen LogP contribution is -2.26. The Labute approximate surface area is 104 Å². The Bertz CT molecular complexity index is 312. The van der Waals surface area contributed by atoms with Crippen molar-refractivity contribution in [2.75, 3.05) is 18.0 Å². The third kappa shape index (κ3) is 3.03. The van der Waals surface area contributed by atoms with Gasteiger partial charge in [0.15, 0.2) is 0 Å². The summed E-state index contributed by atoms with van der Waals surface area (Å²) in [5, 5.41) is 0. The summed E-state index contributed by atoms with van der Waals surface area (Å²) in [6.45, 7) is 4.53. The van der Waals surface area contributed by atoms with Crippen molar-refractivity contribution < 1.29 is 0 Å². The van der Waals surface area contributed by atoms with Crippen molar-refractivity contribution in [3.05, 3.63) is 16.0 Å². The van der Waals surface area contributed by atoms with E-state index < -0.39 is 0 Å². The Morgan fingerprint density at radius 2 is 2.00 bits per heavy atom. The molecule has 4 heteroatoms. The molecular formula is C11H16IN3. The van der Waals surface area contributed by atoms with E-state index in [1.54, 1.807) is 0 Å². The Balaban J connectivity index is 2.06. The maximum Gasteiger partial charge on any atom is 0.225 e. The van der Waals surface area contributed by atoms with Crippen LogP contribution in [-0.4, -0.2) is 23.1 Å². The molecule has 2 heterocycles. The van der Waals surface area contributed by atoms with Gasteiger partial charge in [0, 0.05) is 29.1 Å². The molecule has 3 nitrogen and oxygen atoms in total. The molecule has 0 radical (unpaired) electrons. The number of nitrogens with zero attached hydrogens (tertiary/aromatic N) is 3. The van der Waals surface area contributed by atoms with Gasteiger partial charge in [-0.15, -0.1) is 0 Å². The SMILES string of the molecule is CC1CCCN(c2ncc(I)cn2)CC1. The molecular weight excluding hydrogens is 301 g/mol. The molecule has 1 fully saturated rings. The molecule has 0 aliphatic carbocycles. The number of rotatable bonds is 1. The van der Waals surface area contributed by atoms with Crippen LogP contribution in [-0.2, 0) is 0 Å². The van der Waals surface area contributed by atoms with E-state index in [0.717, 1.165) is 28.5 Å². The topological polar surface area (TPSA) is 29.0 Å². The lowest BCUT2D eigenvalue weighted by Gasteiger charge is -2.19. The first-order chi connectivity index (χ1) is 7.25. The second kappa shape index (κ2) is 5.09. The fourth-order valence-corrected chi connectivity index (χ4v) is 2.21. The lowest BCUT2D eigenvalue weighted by atomic mass is 10.0. The van der Waals surface area contributed by atoms with Gasteiger partial charge >= 0.3 is 0 Å². The zero-order valence-electron chi connectivity index (χ0n) is 8.99. The molecule has 1 unspecified atom stereocenters. The summed E-state index contributed by atoms with van der Waals surface area (Å²) in [5.41, 5.74) is 0. The van der Waals surface area contributed by atoms with Crippen LogP contribution in [0.4, 0.5) is 5.95 Å². The molecule has 2 rings (SSSR count). The summed E-state index contributed by atoms with van der Waals surface area (Å²) in [5.74, 6) is 1.74. The van der Waals surface area contributed by atoms with E-state index in [2.05, 4.69) is 44.4 Å². The normalized spacial score (nSPS) is 22.5. The Morgan fingerprint density at radius 1 is 1.27 bits per heavy atom. The summed E-state index contributed by atoms with van der Waals surface area (Å²) < 4.78 is 1.10. The molecule has 0 amide bonds. The van der Waals surface area contributed by atoms with E-state index in [-0.39, 0.29) is 0 Å². The van der Waals surface area contributed by atoms with Crippen LogP contribution in [0.2, 0.25) is 0 Å². The molecule has 15 heavy (non-hydrogen) atoms. The van der Waals surface area contributed by atoms with Crippen molar-refractivity contribution in [1.82, 2.24) is 9.97 Å². The van der Waals surface area contributed by atoms with Crippen LogP contribution in [0.3, 0.4) is 0 Å². The first-order valence-electron chi connectivity index (χ1n) is 5.48. The average molecular weight is 317 g/mol. The lowest BCUT2D eigenvalue weighted by molar-refractivity contribution is 0.521. The smallest absolute Gasteiger partial charge is 0.225 e. The molecule has 1 aliphatic heterocycles. The molecule has 0 N–H and O–H groups in total. The first-order valence-corrected chi connectivity index (χ1v) is 6.56. The summed E-state index contributed by atoms with van der Waals surface area (Å²) in [7, 11) is 0. The molecule has 1 atom stereocenters. The van der Waals surface area contributed by atoms with E-state index in [1.807, 2.05) is 12.4 Å². The Hall–Kier alpha value is -0.390. The molecule has 0 saturated carbocycles. The van der Waals surface area contributed by atoms with E-state index in [0.29, 0.717) is 0 Å². The van der Waals surface area contributed by atoms with Gasteiger partial charge in [0.25, 0.3) is 0 Å². The van der Waals surface area contributed by atoms with Gasteiger partial charge in [-0.2, -0.15) is 0 Å². The molecule has 0 spiro atoms. The van der Waals surface area contributed by atoms with Crippen LogP contribution in [0.15, 0.2) is 12.4 Å². The van der Waals surface area contributed by atoms with Gasteiger partial charge < -0.3 is 4.90 Å². The largest absolute Gasteiger partial charge is 0.341 e. The second-order valence-electron chi connectivity index (χ2n) is 4.22. The van der Waals surface area contributed by atoms with Gasteiger partial charge in [-0.25, -0.2) is 9.97 Å². The highest BCUT2D eigenvalue weighted by Gasteiger charge is 2.15. The van der Waals surface area contributed by atoms with Gasteiger partial charge in [0.2, 0.25) is 5.95 Å². The maximum atomic E-state index is 4.38. The van der Waals surface area contributed by atoms with Gasteiger partial charge in [-0.1, -0.05) is 6.92 Å². The second-order valence-corrected chi connectivity index (χ2v) is 5.47. The van der Waals surface area contributed by atoms with E-state index in [9.17, 15) is 0 Å². The molecule has 0 aromatic carbocycles. The number of hydrogen-bond donors (Lipinski definition) is 0. The van der Waals surface area contributed by atoms with Crippen molar-refractivity contribution in [2.45, 2.75) is 26.2 Å². The van der Waals surface area contributed by atoms with Gasteiger partial charge in [-0.3, -0.25) is 0 Å². The van der Waals surface area contributed by atoms with Crippen molar-refractivity contribution in [1.29, 1.82) is 0 Å². The standard InChI is InChI=1S/C11H16IN3/c1-9-3-2-5-15(6-4-9)11-13-7-10(12)8-14-11/h7-9H,2-6H2,1H3. The fraction of sp³-hybridized carbons (Fsp3) is 0.636. The van der Waals surface area contributed by atoms with Gasteiger partial charge in [0.05, 0.1) is 0 Å². The van der Waals surface area contributed by atoms with Crippen LogP contribution in [0.25, 0.3) is 0 Å². The van der Waals surface area contributed by atoms with E-state index in [4.69, 9.17) is 0 Å². The van der Waals surface area contributed by atoms with Crippen LogP contribution in [0.1, 0.15) is 26.2 Å². The summed E-state index contributed by atoms with van der Waals surface area (Å²) in [4.78, 5) is 11.1. The number of hydrogen-bond acceptors (Lipinski definition) is 3. The van der Waals surface area contributed by atoms with Crippen LogP contribution < -0.4 is 4.90 Å². The average Bonchev–Trinajstić information content (AvgIpc) is 2.44. The zero-order valence-corrected chi connectivity index (χ0v) is 11.1. The Morgan fingerprint density at radius 3 is 2.73 bits per heavy atom. The van der Waals surface area contributed by atoms with Crippen molar-refractivity contribution in [3.8, 4) is 0 Å². The highest BCUT2D eigenvalue weighted by atomic mass is 127. The molecule has 1 aromatic heterocycles. The maximum absolute atomic E-state index is 4.38. The predicted octanol–water partition coefficient (Wildman–Crippen LogP) is 2.71. The van der Waals surface area contributed by atoms with E-state index >= 15 is 0 Å². The van der Waals surface area contributed by atoms with Crippen molar-refractivity contribution >= 4 is 28.5 Å². The first kappa shape index (κ1) is 11.1. The third-order valence-corrected chi connectivity index (χ3v) is 3.46. The fourth-order valence-electron chi connectivity index (χ4n) is 1.93. The van der Waals surface area contributed by atoms with Crippen molar-refractivity contribution in [3.63, 3.8) is 0 Å². The molecule has 1 saturated heterocycles. The minimum Gasteiger partial charge on any atom is -0.341 e. The third-order valence-electron chi connectivity index (χ3n) is 2.91. The predicted molar refractivity (Wildman–Crippen MR) is 70.0 cm³/mol. The van der Waals surface area contributed by atoms with Crippen molar-refractivity contribution in [2.24, 2.45) is 5.92 Å². The summed E-state index contributed by atoms with van der Waals surface area (Å²) in [6.07, 6.45) is 7.63. The number of aromatic nitrogens is 2. The quantitative estimate of drug-likeness (QED) is 0.746. The van der Waals surface area contributed by atoms with Crippen LogP contribution in [0, 0.1) is 9.49 Å². The van der Waals surface area contributed by atoms with Gasteiger partial charge in [0.1, 0.15) is 0 Å².